The number of imidazole rings is 1. The van der Waals surface area contributed by atoms with E-state index in [0.717, 1.165) is 11.0 Å². The van der Waals surface area contributed by atoms with Gasteiger partial charge in [-0.2, -0.15) is 0 Å². The van der Waals surface area contributed by atoms with Crippen LogP contribution in [0.2, 0.25) is 0 Å². The summed E-state index contributed by atoms with van der Waals surface area (Å²) < 4.78 is 1.77. The van der Waals surface area contributed by atoms with E-state index in [2.05, 4.69) is 9.97 Å². The molecule has 1 aromatic carbocycles. The predicted octanol–water partition coefficient (Wildman–Crippen LogP) is 1.59. The number of nitrogens with zero attached hydrogens (tertiary/aromatic N) is 3. The molecule has 0 saturated carbocycles. The maximum Gasteiger partial charge on any atom is 0.235 e. The molecular formula is C10H7N3O. The van der Waals surface area contributed by atoms with Gasteiger partial charge in [0.05, 0.1) is 23.4 Å². The molecule has 0 atom stereocenters. The Kier molecular flexibility index (Phi) is 1.28. The molecular weight excluding hydrogens is 178 g/mol. The summed E-state index contributed by atoms with van der Waals surface area (Å²) in [6.45, 7) is 0. The lowest BCUT2D eigenvalue weighted by Crippen LogP contribution is -1.86. The number of rotatable bonds is 0. The minimum Gasteiger partial charge on any atom is -0.505 e. The Balaban J connectivity index is 2.58. The lowest BCUT2D eigenvalue weighted by Gasteiger charge is -1.94. The van der Waals surface area contributed by atoms with Crippen LogP contribution >= 0.6 is 0 Å². The van der Waals surface area contributed by atoms with Crippen LogP contribution in [0, 0.1) is 0 Å². The van der Waals surface area contributed by atoms with E-state index in [1.54, 1.807) is 10.6 Å². The van der Waals surface area contributed by atoms with E-state index in [1.807, 2.05) is 24.3 Å². The van der Waals surface area contributed by atoms with Crippen LogP contribution in [0.5, 0.6) is 5.75 Å². The number of benzene rings is 1. The standard InChI is InChI=1S/C10H7N3O/c14-7-5-11-10-12-8-3-1-2-4-9(8)13(10)6-7/h1-6,14H. The van der Waals surface area contributed by atoms with Gasteiger partial charge in [0.25, 0.3) is 0 Å². The molecule has 2 aromatic heterocycles. The quantitative estimate of drug-likeness (QED) is 0.578. The molecule has 0 unspecified atom stereocenters. The third-order valence-corrected chi connectivity index (χ3v) is 2.15. The Morgan fingerprint density at radius 3 is 3.00 bits per heavy atom. The number of hydrogen-bond acceptors (Lipinski definition) is 3. The van der Waals surface area contributed by atoms with E-state index in [1.165, 1.54) is 6.20 Å². The molecule has 0 aliphatic rings. The molecule has 1 N–H and O–H groups in total. The first-order chi connectivity index (χ1) is 6.84. The van der Waals surface area contributed by atoms with Crippen LogP contribution < -0.4 is 0 Å². The zero-order valence-electron chi connectivity index (χ0n) is 7.25. The number of hydrogen-bond donors (Lipinski definition) is 1. The first kappa shape index (κ1) is 7.32. The van der Waals surface area contributed by atoms with E-state index in [0.29, 0.717) is 5.78 Å². The van der Waals surface area contributed by atoms with Gasteiger partial charge in [0.2, 0.25) is 5.78 Å². The summed E-state index contributed by atoms with van der Waals surface area (Å²) in [6, 6.07) is 7.71. The molecule has 0 saturated heterocycles. The molecule has 2 heterocycles. The molecule has 0 fully saturated rings. The monoisotopic (exact) mass is 185 g/mol. The number of fused-ring (bicyclic) bond motifs is 3. The van der Waals surface area contributed by atoms with Crippen LogP contribution in [0.3, 0.4) is 0 Å². The smallest absolute Gasteiger partial charge is 0.235 e. The maximum atomic E-state index is 9.30. The van der Waals surface area contributed by atoms with E-state index in [-0.39, 0.29) is 5.75 Å². The number of aromatic nitrogens is 3. The summed E-state index contributed by atoms with van der Waals surface area (Å²) in [6.07, 6.45) is 3.00. The Morgan fingerprint density at radius 1 is 1.21 bits per heavy atom. The summed E-state index contributed by atoms with van der Waals surface area (Å²) in [5.74, 6) is 0.740. The van der Waals surface area contributed by atoms with Crippen LogP contribution in [-0.4, -0.2) is 19.5 Å². The minimum absolute atomic E-state index is 0.139. The summed E-state index contributed by atoms with van der Waals surface area (Å²) in [5.41, 5.74) is 1.83. The molecule has 4 nitrogen and oxygen atoms in total. The van der Waals surface area contributed by atoms with Crippen molar-refractivity contribution in [2.45, 2.75) is 0 Å². The van der Waals surface area contributed by atoms with Crippen molar-refractivity contribution in [1.82, 2.24) is 14.4 Å². The van der Waals surface area contributed by atoms with Crippen LogP contribution in [-0.2, 0) is 0 Å². The van der Waals surface area contributed by atoms with Gasteiger partial charge in [-0.15, -0.1) is 0 Å². The largest absolute Gasteiger partial charge is 0.505 e. The van der Waals surface area contributed by atoms with Gasteiger partial charge in [0.15, 0.2) is 5.75 Å². The van der Waals surface area contributed by atoms with Crippen molar-refractivity contribution < 1.29 is 5.11 Å². The van der Waals surface area contributed by atoms with Gasteiger partial charge in [0.1, 0.15) is 0 Å². The third-order valence-electron chi connectivity index (χ3n) is 2.15. The van der Waals surface area contributed by atoms with Crippen LogP contribution in [0.1, 0.15) is 0 Å². The maximum absolute atomic E-state index is 9.30. The van der Waals surface area contributed by atoms with Gasteiger partial charge >= 0.3 is 0 Å². The summed E-state index contributed by atoms with van der Waals surface area (Å²) in [5, 5.41) is 9.30. The second-order valence-electron chi connectivity index (χ2n) is 3.08. The molecule has 68 valence electrons. The summed E-state index contributed by atoms with van der Waals surface area (Å²) >= 11 is 0. The predicted molar refractivity (Wildman–Crippen MR) is 52.2 cm³/mol. The molecule has 3 rings (SSSR count). The third kappa shape index (κ3) is 0.877. The fourth-order valence-electron chi connectivity index (χ4n) is 1.54. The molecule has 4 heteroatoms. The van der Waals surface area contributed by atoms with Crippen LogP contribution in [0.25, 0.3) is 16.8 Å². The zero-order valence-corrected chi connectivity index (χ0v) is 7.25. The second kappa shape index (κ2) is 2.45. The Hall–Kier alpha value is -2.10. The first-order valence-corrected chi connectivity index (χ1v) is 4.26. The fourth-order valence-corrected chi connectivity index (χ4v) is 1.54. The van der Waals surface area contributed by atoms with Gasteiger partial charge in [-0.25, -0.2) is 9.97 Å². The molecule has 0 aliphatic heterocycles. The first-order valence-electron chi connectivity index (χ1n) is 4.26. The van der Waals surface area contributed by atoms with Crippen molar-refractivity contribution in [3.63, 3.8) is 0 Å². The Bertz CT molecular complexity index is 615. The highest BCUT2D eigenvalue weighted by molar-refractivity contribution is 5.79. The molecule has 0 radical (unpaired) electrons. The van der Waals surface area contributed by atoms with E-state index in [9.17, 15) is 5.11 Å². The molecule has 3 aromatic rings. The fraction of sp³-hybridized carbons (Fsp3) is 0. The van der Waals surface area contributed by atoms with Crippen molar-refractivity contribution in [3.05, 3.63) is 36.7 Å². The Labute approximate surface area is 79.5 Å². The minimum atomic E-state index is 0.139. The lowest BCUT2D eigenvalue weighted by molar-refractivity contribution is 0.469. The average Bonchev–Trinajstić information content (AvgIpc) is 2.56. The lowest BCUT2D eigenvalue weighted by atomic mass is 10.3. The van der Waals surface area contributed by atoms with E-state index < -0.39 is 0 Å². The molecule has 0 spiro atoms. The van der Waals surface area contributed by atoms with Crippen LogP contribution in [0.4, 0.5) is 0 Å². The highest BCUT2D eigenvalue weighted by atomic mass is 16.3. The van der Waals surface area contributed by atoms with Crippen molar-refractivity contribution in [3.8, 4) is 5.75 Å². The van der Waals surface area contributed by atoms with Gasteiger partial charge in [-0.05, 0) is 12.1 Å². The zero-order chi connectivity index (χ0) is 9.54. The van der Waals surface area contributed by atoms with E-state index >= 15 is 0 Å². The molecule has 14 heavy (non-hydrogen) atoms. The average molecular weight is 185 g/mol. The molecule has 0 amide bonds. The highest BCUT2D eigenvalue weighted by Gasteiger charge is 2.03. The van der Waals surface area contributed by atoms with E-state index in [4.69, 9.17) is 0 Å². The SMILES string of the molecule is Oc1cnc2nc3ccccc3n2c1. The van der Waals surface area contributed by atoms with Gasteiger partial charge < -0.3 is 5.11 Å². The topological polar surface area (TPSA) is 50.4 Å². The van der Waals surface area contributed by atoms with Gasteiger partial charge in [0, 0.05) is 0 Å². The molecule has 0 aliphatic carbocycles. The van der Waals surface area contributed by atoms with Crippen molar-refractivity contribution in [2.75, 3.05) is 0 Å². The summed E-state index contributed by atoms with van der Waals surface area (Å²) in [7, 11) is 0. The summed E-state index contributed by atoms with van der Waals surface area (Å²) in [4.78, 5) is 8.32. The van der Waals surface area contributed by atoms with Crippen molar-refractivity contribution in [1.29, 1.82) is 0 Å². The van der Waals surface area contributed by atoms with Gasteiger partial charge in [-0.3, -0.25) is 4.40 Å². The van der Waals surface area contributed by atoms with Crippen molar-refractivity contribution in [2.24, 2.45) is 0 Å². The second-order valence-corrected chi connectivity index (χ2v) is 3.08. The Morgan fingerprint density at radius 2 is 2.07 bits per heavy atom. The van der Waals surface area contributed by atoms with Gasteiger partial charge in [-0.1, -0.05) is 12.1 Å². The normalized spacial score (nSPS) is 11.1. The van der Waals surface area contributed by atoms with Crippen LogP contribution in [0.15, 0.2) is 36.7 Å². The molecule has 0 bridgehead atoms. The number of para-hydroxylation sites is 2. The highest BCUT2D eigenvalue weighted by Crippen LogP contribution is 2.16. The van der Waals surface area contributed by atoms with Crippen molar-refractivity contribution >= 4 is 16.8 Å². The number of aromatic hydroxyl groups is 1.